The smallest absolute Gasteiger partial charge is 1.00 e. The minimum Gasteiger partial charge on any atom is -1.00 e. The van der Waals surface area contributed by atoms with Crippen LogP contribution in [0.15, 0.2) is 0 Å². The van der Waals surface area contributed by atoms with Crippen molar-refractivity contribution in [3.63, 3.8) is 0 Å². The van der Waals surface area contributed by atoms with Crippen molar-refractivity contribution in [2.45, 2.75) is 12.8 Å². The van der Waals surface area contributed by atoms with E-state index in [4.69, 9.17) is 10.2 Å². The van der Waals surface area contributed by atoms with Crippen LogP contribution in [0.25, 0.3) is 0 Å². The van der Waals surface area contributed by atoms with E-state index in [1.54, 1.807) is 0 Å². The van der Waals surface area contributed by atoms with E-state index in [9.17, 15) is 9.59 Å². The van der Waals surface area contributed by atoms with Crippen molar-refractivity contribution in [3.8, 4) is 0 Å². The van der Waals surface area contributed by atoms with Gasteiger partial charge in [-0.2, -0.15) is 0 Å². The van der Waals surface area contributed by atoms with Gasteiger partial charge in [0.15, 0.2) is 0 Å². The van der Waals surface area contributed by atoms with Crippen LogP contribution in [0.2, 0.25) is 0 Å². The van der Waals surface area contributed by atoms with Crippen molar-refractivity contribution in [2.24, 2.45) is 0 Å². The molecule has 0 aliphatic carbocycles. The molecule has 0 aliphatic heterocycles. The van der Waals surface area contributed by atoms with Crippen LogP contribution in [0.4, 0.5) is 0 Å². The SMILES string of the molecule is N.O=C(O)CCC(=O)O.[H-].[Li+]. The van der Waals surface area contributed by atoms with E-state index in [0.717, 1.165) is 0 Å². The number of hydrogen-bond acceptors (Lipinski definition) is 3. The first kappa shape index (κ1) is 16.2. The van der Waals surface area contributed by atoms with Gasteiger partial charge in [-0.25, -0.2) is 0 Å². The number of carboxylic acid groups (broad SMARTS) is 2. The third-order valence-electron chi connectivity index (χ3n) is 0.553. The first-order valence-electron chi connectivity index (χ1n) is 2.06. The molecule has 0 amide bonds. The summed E-state index contributed by atoms with van der Waals surface area (Å²) in [6.07, 6.45) is -0.593. The molecule has 0 aliphatic rings. The maximum absolute atomic E-state index is 9.64. The van der Waals surface area contributed by atoms with E-state index >= 15 is 0 Å². The molecule has 0 atom stereocenters. The molecule has 10 heavy (non-hydrogen) atoms. The Balaban J connectivity index is -0.0000000817. The molecule has 0 rings (SSSR count). The van der Waals surface area contributed by atoms with Gasteiger partial charge in [0, 0.05) is 0 Å². The fraction of sp³-hybridized carbons (Fsp3) is 0.500. The van der Waals surface area contributed by atoms with Crippen molar-refractivity contribution < 1.29 is 40.1 Å². The first-order valence-corrected chi connectivity index (χ1v) is 2.06. The van der Waals surface area contributed by atoms with Gasteiger partial charge in [-0.15, -0.1) is 0 Å². The molecule has 5 nitrogen and oxygen atoms in total. The summed E-state index contributed by atoms with van der Waals surface area (Å²) in [6.45, 7) is 0. The Kier molecular flexibility index (Phi) is 13.8. The molecular formula is C4H10LiNO4. The number of carboxylic acids is 2. The van der Waals surface area contributed by atoms with Gasteiger partial charge >= 0.3 is 30.8 Å². The molecule has 5 N–H and O–H groups in total. The summed E-state index contributed by atoms with van der Waals surface area (Å²) < 4.78 is 0. The Morgan fingerprint density at radius 2 is 1.30 bits per heavy atom. The summed E-state index contributed by atoms with van der Waals surface area (Å²) in [6, 6.07) is 0. The van der Waals surface area contributed by atoms with Crippen molar-refractivity contribution in [1.82, 2.24) is 6.15 Å². The van der Waals surface area contributed by atoms with Gasteiger partial charge in [0.25, 0.3) is 0 Å². The van der Waals surface area contributed by atoms with Gasteiger partial charge in [-0.3, -0.25) is 9.59 Å². The molecule has 0 aromatic rings. The Morgan fingerprint density at radius 1 is 1.10 bits per heavy atom. The van der Waals surface area contributed by atoms with Crippen LogP contribution in [-0.2, 0) is 9.59 Å². The molecule has 6 heteroatoms. The van der Waals surface area contributed by atoms with E-state index in [1.165, 1.54) is 0 Å². The molecule has 0 bridgehead atoms. The third kappa shape index (κ3) is 15.6. The fourth-order valence-electron chi connectivity index (χ4n) is 0.214. The van der Waals surface area contributed by atoms with E-state index in [-0.39, 0.29) is 39.3 Å². The molecule has 0 aromatic carbocycles. The number of rotatable bonds is 3. The van der Waals surface area contributed by atoms with Crippen LogP contribution in [0.3, 0.4) is 0 Å². The Bertz CT molecular complexity index is 107. The van der Waals surface area contributed by atoms with Crippen LogP contribution in [0.1, 0.15) is 14.3 Å². The van der Waals surface area contributed by atoms with Gasteiger partial charge in [-0.05, 0) is 0 Å². The summed E-state index contributed by atoms with van der Waals surface area (Å²) in [5.41, 5.74) is 0. The maximum atomic E-state index is 9.64. The molecule has 0 heterocycles. The Labute approximate surface area is 71.7 Å². The topological polar surface area (TPSA) is 110 Å². The normalized spacial score (nSPS) is 6.80. The molecule has 0 unspecified atom stereocenters. The summed E-state index contributed by atoms with van der Waals surface area (Å²) in [7, 11) is 0. The van der Waals surface area contributed by atoms with Gasteiger partial charge in [0.2, 0.25) is 0 Å². The predicted octanol–water partition coefficient (Wildman–Crippen LogP) is -2.79. The second kappa shape index (κ2) is 8.50. The van der Waals surface area contributed by atoms with Crippen molar-refractivity contribution in [1.29, 1.82) is 0 Å². The van der Waals surface area contributed by atoms with Crippen LogP contribution in [0.5, 0.6) is 0 Å². The van der Waals surface area contributed by atoms with Crippen LogP contribution in [-0.4, -0.2) is 22.2 Å². The molecule has 0 saturated heterocycles. The number of aliphatic carboxylic acids is 2. The van der Waals surface area contributed by atoms with Gasteiger partial charge in [0.1, 0.15) is 0 Å². The minimum atomic E-state index is -1.08. The zero-order chi connectivity index (χ0) is 6.57. The average Bonchev–Trinajstić information content (AvgIpc) is 1.61. The predicted molar refractivity (Wildman–Crippen MR) is 30.6 cm³/mol. The molecule has 0 saturated carbocycles. The van der Waals surface area contributed by atoms with Crippen LogP contribution >= 0.6 is 0 Å². The van der Waals surface area contributed by atoms with Crippen LogP contribution < -0.4 is 25.0 Å². The van der Waals surface area contributed by atoms with E-state index in [0.29, 0.717) is 0 Å². The number of carbonyl (C=O) groups is 2. The summed E-state index contributed by atoms with van der Waals surface area (Å²) in [5, 5.41) is 15.8. The monoisotopic (exact) mass is 143 g/mol. The van der Waals surface area contributed by atoms with Gasteiger partial charge in [0.05, 0.1) is 12.8 Å². The van der Waals surface area contributed by atoms with Crippen molar-refractivity contribution in [3.05, 3.63) is 0 Å². The second-order valence-electron chi connectivity index (χ2n) is 1.29. The van der Waals surface area contributed by atoms with Crippen LogP contribution in [0, 0.1) is 0 Å². The fourth-order valence-corrected chi connectivity index (χ4v) is 0.214. The number of hydrogen-bond donors (Lipinski definition) is 3. The molecule has 0 radical (unpaired) electrons. The molecular weight excluding hydrogens is 133 g/mol. The first-order chi connectivity index (χ1) is 3.63. The largest absolute Gasteiger partial charge is 1.00 e. The van der Waals surface area contributed by atoms with Crippen molar-refractivity contribution >= 4 is 11.9 Å². The van der Waals surface area contributed by atoms with Gasteiger partial charge < -0.3 is 17.8 Å². The molecule has 0 fully saturated rings. The maximum Gasteiger partial charge on any atom is 1.00 e. The molecule has 56 valence electrons. The van der Waals surface area contributed by atoms with Crippen molar-refractivity contribution in [2.75, 3.05) is 0 Å². The average molecular weight is 143 g/mol. The zero-order valence-electron chi connectivity index (χ0n) is 6.83. The second-order valence-corrected chi connectivity index (χ2v) is 1.29. The van der Waals surface area contributed by atoms with E-state index in [1.807, 2.05) is 0 Å². The van der Waals surface area contributed by atoms with Gasteiger partial charge in [-0.1, -0.05) is 0 Å². The molecule has 0 aromatic heterocycles. The standard InChI is InChI=1S/C4H6O4.Li.H3N.H/c5-3(6)1-2-4(7)8;;;/h1-2H2,(H,5,6)(H,7,8);;1H3;/q;+1;;-1. The third-order valence-corrected chi connectivity index (χ3v) is 0.553. The summed E-state index contributed by atoms with van der Waals surface area (Å²) in [5.74, 6) is -2.15. The Morgan fingerprint density at radius 3 is 1.40 bits per heavy atom. The van der Waals surface area contributed by atoms with E-state index < -0.39 is 11.9 Å². The molecule has 0 spiro atoms. The summed E-state index contributed by atoms with van der Waals surface area (Å²) >= 11 is 0. The minimum absolute atomic E-state index is 0. The van der Waals surface area contributed by atoms with E-state index in [2.05, 4.69) is 0 Å². The quantitative estimate of drug-likeness (QED) is 0.370. The Hall–Kier alpha value is -0.503. The summed E-state index contributed by atoms with van der Waals surface area (Å²) in [4.78, 5) is 19.3. The zero-order valence-corrected chi connectivity index (χ0v) is 5.83.